The van der Waals surface area contributed by atoms with Gasteiger partial charge in [-0.3, -0.25) is 29.2 Å². The highest BCUT2D eigenvalue weighted by molar-refractivity contribution is 6.10. The number of fused-ring (bicyclic) bond motifs is 2. The van der Waals surface area contributed by atoms with Crippen LogP contribution in [-0.4, -0.2) is 59.9 Å². The number of unbranched alkanes of at least 4 members (excludes halogenated alkanes) is 1. The minimum atomic E-state index is -0.569. The van der Waals surface area contributed by atoms with Gasteiger partial charge < -0.3 is 9.32 Å². The Hall–Kier alpha value is -5.98. The molecule has 0 aliphatic carbocycles. The first kappa shape index (κ1) is 33.5. The van der Waals surface area contributed by atoms with Crippen molar-refractivity contribution in [2.75, 3.05) is 37.6 Å². The van der Waals surface area contributed by atoms with Crippen LogP contribution in [0.25, 0.3) is 21.9 Å². The average Bonchev–Trinajstić information content (AvgIpc) is 3.75. The predicted octanol–water partition coefficient (Wildman–Crippen LogP) is 7.28. The van der Waals surface area contributed by atoms with Gasteiger partial charge in [-0.1, -0.05) is 35.4 Å². The third-order valence-electron chi connectivity index (χ3n) is 9.71. The van der Waals surface area contributed by atoms with E-state index in [2.05, 4.69) is 21.2 Å². The molecule has 9 heteroatoms. The molecule has 9 nitrogen and oxygen atoms in total. The maximum absolute atomic E-state index is 13.4. The van der Waals surface area contributed by atoms with Gasteiger partial charge in [0.25, 0.3) is 17.7 Å². The molecule has 256 valence electrons. The van der Waals surface area contributed by atoms with Crippen molar-refractivity contribution in [1.82, 2.24) is 14.8 Å². The van der Waals surface area contributed by atoms with Gasteiger partial charge in [-0.15, -0.1) is 0 Å². The number of rotatable bonds is 9. The van der Waals surface area contributed by atoms with E-state index >= 15 is 0 Å². The van der Waals surface area contributed by atoms with Crippen LogP contribution in [-0.2, 0) is 6.42 Å². The molecule has 1 N–H and O–H groups in total. The zero-order valence-electron chi connectivity index (χ0n) is 28.8. The van der Waals surface area contributed by atoms with Crippen LogP contribution in [0.15, 0.2) is 102 Å². The fraction of sp³-hybridized carbons (Fsp3) is 0.238. The lowest BCUT2D eigenvalue weighted by Crippen LogP contribution is -2.46. The van der Waals surface area contributed by atoms with Crippen LogP contribution < -0.4 is 10.2 Å². The van der Waals surface area contributed by atoms with E-state index < -0.39 is 11.8 Å². The van der Waals surface area contributed by atoms with Crippen molar-refractivity contribution >= 4 is 45.3 Å². The van der Waals surface area contributed by atoms with Crippen LogP contribution in [0, 0.1) is 25.2 Å². The molecule has 4 aromatic carbocycles. The highest BCUT2D eigenvalue weighted by Gasteiger charge is 2.21. The number of hydrogen-bond donors (Lipinski definition) is 1. The first-order valence-corrected chi connectivity index (χ1v) is 17.3. The molecule has 1 aliphatic heterocycles. The molecule has 1 aliphatic rings. The Morgan fingerprint density at radius 2 is 1.49 bits per heavy atom. The van der Waals surface area contributed by atoms with Gasteiger partial charge in [0, 0.05) is 60.0 Å². The summed E-state index contributed by atoms with van der Waals surface area (Å²) in [5, 5.41) is 13.7. The Balaban J connectivity index is 0.925. The quantitative estimate of drug-likeness (QED) is 0.126. The summed E-state index contributed by atoms with van der Waals surface area (Å²) in [7, 11) is 0. The molecule has 1 fully saturated rings. The Bertz CT molecular complexity index is 2280. The molecule has 0 atom stereocenters. The van der Waals surface area contributed by atoms with Gasteiger partial charge in [0.05, 0.1) is 17.1 Å². The van der Waals surface area contributed by atoms with Crippen LogP contribution in [0.4, 0.5) is 5.69 Å². The molecule has 0 spiro atoms. The monoisotopic (exact) mass is 677 g/mol. The minimum absolute atomic E-state index is 0.0722. The average molecular weight is 678 g/mol. The number of anilines is 1. The number of carbonyl (C=O) groups excluding carboxylic acids is 3. The van der Waals surface area contributed by atoms with E-state index in [0.29, 0.717) is 22.3 Å². The zero-order valence-corrected chi connectivity index (χ0v) is 28.8. The van der Waals surface area contributed by atoms with Gasteiger partial charge in [-0.05, 0) is 112 Å². The summed E-state index contributed by atoms with van der Waals surface area (Å²) in [5.74, 6) is -1.01. The smallest absolute Gasteiger partial charge is 0.293 e. The van der Waals surface area contributed by atoms with Gasteiger partial charge >= 0.3 is 0 Å². The second-order valence-corrected chi connectivity index (χ2v) is 13.3. The van der Waals surface area contributed by atoms with Gasteiger partial charge in [0.2, 0.25) is 0 Å². The van der Waals surface area contributed by atoms with Crippen molar-refractivity contribution in [3.8, 4) is 6.07 Å². The molecule has 0 saturated carbocycles. The lowest BCUT2D eigenvalue weighted by molar-refractivity contribution is 0.0833. The molecule has 51 heavy (non-hydrogen) atoms. The van der Waals surface area contributed by atoms with E-state index in [9.17, 15) is 19.6 Å². The number of nitrogens with one attached hydrogen (secondary N) is 1. The number of aromatic nitrogens is 1. The second kappa shape index (κ2) is 14.5. The molecule has 2 amide bonds. The molecular weight excluding hydrogens is 638 g/mol. The Labute approximate surface area is 296 Å². The van der Waals surface area contributed by atoms with E-state index in [1.807, 2.05) is 86.8 Å². The van der Waals surface area contributed by atoms with Crippen molar-refractivity contribution < 1.29 is 18.8 Å². The van der Waals surface area contributed by atoms with E-state index in [0.717, 1.165) is 90.7 Å². The van der Waals surface area contributed by atoms with Crippen LogP contribution in [0.2, 0.25) is 0 Å². The highest BCUT2D eigenvalue weighted by atomic mass is 16.3. The van der Waals surface area contributed by atoms with Gasteiger partial charge in [0.1, 0.15) is 5.58 Å². The number of benzene rings is 4. The van der Waals surface area contributed by atoms with Crippen molar-refractivity contribution in [3.63, 3.8) is 0 Å². The normalized spacial score (nSPS) is 13.4. The molecule has 0 radical (unpaired) electrons. The number of amides is 2. The summed E-state index contributed by atoms with van der Waals surface area (Å²) >= 11 is 0. The largest absolute Gasteiger partial charge is 0.451 e. The predicted molar refractivity (Wildman–Crippen MR) is 198 cm³/mol. The molecule has 7 rings (SSSR count). The number of nitrogens with zero attached hydrogens (tertiary/aromatic N) is 4. The van der Waals surface area contributed by atoms with Gasteiger partial charge in [0.15, 0.2) is 5.76 Å². The van der Waals surface area contributed by atoms with Crippen LogP contribution >= 0.6 is 0 Å². The first-order chi connectivity index (χ1) is 24.7. The standard InChI is InChI=1S/C42H39N5O4/c1-28-6-11-31(12-7-28)40(48)44-41(49)39-25-34-24-35(15-17-38(34)51-39)46-21-19-45(20-22-46)18-4-3-5-33-27-47(37-16-10-30(26-43)23-36(33)37)42(50)32-13-8-29(2)9-14-32/h6-17,23-25,27H,3-5,18-22H2,1-2H3,(H,44,48,49). The fourth-order valence-corrected chi connectivity index (χ4v) is 6.73. The summed E-state index contributed by atoms with van der Waals surface area (Å²) in [6.07, 6.45) is 4.77. The number of carbonyl (C=O) groups is 3. The number of nitriles is 1. The molecule has 0 unspecified atom stereocenters. The number of aryl methyl sites for hydroxylation is 3. The van der Waals surface area contributed by atoms with Crippen LogP contribution in [0.1, 0.15) is 66.4 Å². The second-order valence-electron chi connectivity index (χ2n) is 13.3. The summed E-state index contributed by atoms with van der Waals surface area (Å²) in [4.78, 5) is 43.6. The van der Waals surface area contributed by atoms with Gasteiger partial charge in [-0.25, -0.2) is 0 Å². The summed E-state index contributed by atoms with van der Waals surface area (Å²) < 4.78 is 7.50. The summed E-state index contributed by atoms with van der Waals surface area (Å²) in [6.45, 7) is 8.57. The topological polar surface area (TPSA) is 112 Å². The highest BCUT2D eigenvalue weighted by Crippen LogP contribution is 2.28. The first-order valence-electron chi connectivity index (χ1n) is 17.3. The Morgan fingerprint density at radius 1 is 0.784 bits per heavy atom. The van der Waals surface area contributed by atoms with E-state index in [1.54, 1.807) is 28.8 Å². The fourth-order valence-electron chi connectivity index (χ4n) is 6.73. The molecule has 1 saturated heterocycles. The molecule has 6 aromatic rings. The summed E-state index contributed by atoms with van der Waals surface area (Å²) in [5.41, 5.74) is 7.35. The van der Waals surface area contributed by atoms with Crippen molar-refractivity contribution in [2.24, 2.45) is 0 Å². The SMILES string of the molecule is Cc1ccc(C(=O)NC(=O)c2cc3cc(N4CCN(CCCCc5cn(C(=O)c6ccc(C)cc6)c6ccc(C#N)cc56)CC4)ccc3o2)cc1. The third-order valence-corrected chi connectivity index (χ3v) is 9.71. The van der Waals surface area contributed by atoms with Crippen molar-refractivity contribution in [3.05, 3.63) is 136 Å². The lowest BCUT2D eigenvalue weighted by Gasteiger charge is -2.36. The number of imide groups is 1. The number of hydrogen-bond acceptors (Lipinski definition) is 7. The number of piperazine rings is 1. The van der Waals surface area contributed by atoms with Gasteiger partial charge in [-0.2, -0.15) is 5.26 Å². The maximum Gasteiger partial charge on any atom is 0.293 e. The Morgan fingerprint density at radius 3 is 2.20 bits per heavy atom. The van der Waals surface area contributed by atoms with Crippen molar-refractivity contribution in [2.45, 2.75) is 33.1 Å². The lowest BCUT2D eigenvalue weighted by atomic mass is 10.0. The molecule has 3 heterocycles. The maximum atomic E-state index is 13.4. The van der Waals surface area contributed by atoms with E-state index in [1.165, 1.54) is 0 Å². The zero-order chi connectivity index (χ0) is 35.5. The minimum Gasteiger partial charge on any atom is -0.451 e. The molecule has 2 aromatic heterocycles. The van der Waals surface area contributed by atoms with E-state index in [4.69, 9.17) is 4.42 Å². The number of furan rings is 1. The Kier molecular flexibility index (Phi) is 9.51. The third kappa shape index (κ3) is 7.32. The van der Waals surface area contributed by atoms with Crippen molar-refractivity contribution in [1.29, 1.82) is 5.26 Å². The molecule has 0 bridgehead atoms. The van der Waals surface area contributed by atoms with Crippen LogP contribution in [0.3, 0.4) is 0 Å². The van der Waals surface area contributed by atoms with Crippen LogP contribution in [0.5, 0.6) is 0 Å². The molecular formula is C42H39N5O4. The van der Waals surface area contributed by atoms with E-state index in [-0.39, 0.29) is 11.7 Å². The summed E-state index contributed by atoms with van der Waals surface area (Å²) in [6, 6.07) is 30.0.